The molecule has 5 atom stereocenters. The molecule has 0 amide bonds. The molecule has 0 rings (SSSR count). The summed E-state index contributed by atoms with van der Waals surface area (Å²) in [4.78, 5) is 73.1. The summed E-state index contributed by atoms with van der Waals surface area (Å²) >= 11 is 0. The van der Waals surface area contributed by atoms with Crippen molar-refractivity contribution >= 4 is 39.5 Å². The fraction of sp³-hybridized carbons (Fsp3) is 0.591. The van der Waals surface area contributed by atoms with Crippen LogP contribution in [0.3, 0.4) is 0 Å². The number of phosphoric acid groups is 2. The van der Waals surface area contributed by atoms with Gasteiger partial charge in [-0.05, 0) is 167 Å². The maximum Gasteiger partial charge on any atom is 0.472 e. The normalized spacial score (nSPS) is 14.8. The third-order valence-corrected chi connectivity index (χ3v) is 18.6. The summed E-state index contributed by atoms with van der Waals surface area (Å²) in [5.74, 6) is -2.49. The smallest absolute Gasteiger partial charge is 0.462 e. The number of rotatable bonds is 77. The third-order valence-electron chi connectivity index (χ3n) is 16.7. The van der Waals surface area contributed by atoms with E-state index in [9.17, 15) is 43.2 Å². The van der Waals surface area contributed by atoms with E-state index in [-0.39, 0.29) is 25.7 Å². The van der Waals surface area contributed by atoms with E-state index in [4.69, 9.17) is 37.0 Å². The molecule has 0 saturated heterocycles. The summed E-state index contributed by atoms with van der Waals surface area (Å²) in [6.07, 6.45) is 104. The molecular formula is C93H148O17P2. The van der Waals surface area contributed by atoms with E-state index in [1.54, 1.807) is 0 Å². The lowest BCUT2D eigenvalue weighted by Gasteiger charge is -2.21. The number of aliphatic hydroxyl groups excluding tert-OH is 1. The minimum Gasteiger partial charge on any atom is -0.462 e. The standard InChI is InChI=1S/C93H148O17P2/c1-5-9-13-17-21-25-29-33-37-40-43-46-50-54-58-62-66-70-74-78-91(96)104-84-89(110-93(98)80-76-72-68-64-60-56-52-48-45-42-39-35-31-27-23-19-15-11-7-3)86-108-112(101,102)106-82-87(94)81-105-111(99,100)107-85-88(83-103-90(95)77-73-69-65-61-57-53-49-36-32-28-24-20-16-12-8-4)109-92(97)79-75-71-67-63-59-55-51-47-44-41-38-34-30-26-22-18-14-10-6-2/h10,14,21-23,25-28,32-35,37-39,43-48,54-56,58-60,66-68,70-72,87-89,94H,5-9,11-13,15-20,24,29-31,36,40-42,49-53,57,61-65,69,73-86H2,1-4H3,(H,99,100)(H,101,102)/b14-10-,25-21-,26-22-,27-23-,32-28-,37-33-,38-34-,39-35-,46-43-,47-44-,48-45-,58-54-,59-55-,60-56-,70-66-,71-67-,72-68-/t87-,88+,89+/m0/s1. The molecule has 0 fully saturated rings. The second-order valence-electron chi connectivity index (χ2n) is 27.3. The molecule has 0 aromatic carbocycles. The van der Waals surface area contributed by atoms with Gasteiger partial charge in [0, 0.05) is 25.7 Å². The molecule has 2 unspecified atom stereocenters. The molecule has 632 valence electrons. The van der Waals surface area contributed by atoms with E-state index in [2.05, 4.69) is 180 Å². The van der Waals surface area contributed by atoms with Crippen LogP contribution in [0.1, 0.15) is 297 Å². The van der Waals surface area contributed by atoms with Crippen LogP contribution in [-0.4, -0.2) is 96.7 Å². The van der Waals surface area contributed by atoms with Crippen molar-refractivity contribution in [1.82, 2.24) is 0 Å². The van der Waals surface area contributed by atoms with Gasteiger partial charge in [0.05, 0.1) is 26.4 Å². The second-order valence-corrected chi connectivity index (χ2v) is 30.2. The zero-order valence-corrected chi connectivity index (χ0v) is 71.0. The van der Waals surface area contributed by atoms with Gasteiger partial charge in [-0.3, -0.25) is 37.3 Å². The van der Waals surface area contributed by atoms with Crippen LogP contribution in [0.2, 0.25) is 0 Å². The van der Waals surface area contributed by atoms with Gasteiger partial charge in [0.1, 0.15) is 19.3 Å². The molecule has 0 bridgehead atoms. The lowest BCUT2D eigenvalue weighted by Crippen LogP contribution is -2.30. The lowest BCUT2D eigenvalue weighted by atomic mass is 10.1. The molecule has 0 radical (unpaired) electrons. The highest BCUT2D eigenvalue weighted by Crippen LogP contribution is 2.45. The molecule has 0 aliphatic carbocycles. The Kier molecular flexibility index (Phi) is 77.9. The summed E-state index contributed by atoms with van der Waals surface area (Å²) in [7, 11) is -10.1. The average Bonchev–Trinajstić information content (AvgIpc) is 0.897. The van der Waals surface area contributed by atoms with Crippen LogP contribution < -0.4 is 0 Å². The number of esters is 4. The van der Waals surface area contributed by atoms with Gasteiger partial charge in [-0.15, -0.1) is 0 Å². The highest BCUT2D eigenvalue weighted by molar-refractivity contribution is 7.47. The van der Waals surface area contributed by atoms with Crippen molar-refractivity contribution in [2.75, 3.05) is 39.6 Å². The lowest BCUT2D eigenvalue weighted by molar-refractivity contribution is -0.161. The average molecular weight is 1600 g/mol. The first-order valence-corrected chi connectivity index (χ1v) is 45.3. The van der Waals surface area contributed by atoms with Gasteiger partial charge in [-0.25, -0.2) is 9.13 Å². The molecule has 0 heterocycles. The molecule has 0 aliphatic heterocycles. The first-order valence-electron chi connectivity index (χ1n) is 42.3. The molecule has 112 heavy (non-hydrogen) atoms. The topological polar surface area (TPSA) is 237 Å². The summed E-state index contributed by atoms with van der Waals surface area (Å²) in [5.41, 5.74) is 0. The van der Waals surface area contributed by atoms with E-state index in [1.165, 1.54) is 64.2 Å². The highest BCUT2D eigenvalue weighted by atomic mass is 31.2. The van der Waals surface area contributed by atoms with E-state index in [0.717, 1.165) is 135 Å². The second kappa shape index (κ2) is 82.6. The quantitative estimate of drug-likeness (QED) is 0.0169. The Labute approximate surface area is 678 Å². The van der Waals surface area contributed by atoms with Crippen LogP contribution in [0.15, 0.2) is 207 Å². The van der Waals surface area contributed by atoms with Crippen LogP contribution in [-0.2, 0) is 65.4 Å². The number of phosphoric ester groups is 2. The Morgan fingerprint density at radius 3 is 0.795 bits per heavy atom. The van der Waals surface area contributed by atoms with Crippen LogP contribution in [0.4, 0.5) is 0 Å². The number of hydrogen-bond donors (Lipinski definition) is 3. The summed E-state index contributed by atoms with van der Waals surface area (Å²) in [5, 5.41) is 10.7. The minimum atomic E-state index is -5.03. The molecule has 19 heteroatoms. The Morgan fingerprint density at radius 2 is 0.482 bits per heavy atom. The monoisotopic (exact) mass is 1600 g/mol. The number of hydrogen-bond acceptors (Lipinski definition) is 15. The highest BCUT2D eigenvalue weighted by Gasteiger charge is 2.30. The van der Waals surface area contributed by atoms with Crippen LogP contribution >= 0.6 is 15.6 Å². The zero-order valence-electron chi connectivity index (χ0n) is 69.3. The van der Waals surface area contributed by atoms with Crippen LogP contribution in [0, 0.1) is 0 Å². The molecule has 0 aromatic heterocycles. The number of unbranched alkanes of at least 4 members (excludes halogenated alkanes) is 17. The van der Waals surface area contributed by atoms with E-state index >= 15 is 0 Å². The van der Waals surface area contributed by atoms with Crippen molar-refractivity contribution in [3.05, 3.63) is 207 Å². The number of carbonyl (C=O) groups excluding carboxylic acids is 4. The Bertz CT molecular complexity index is 2940. The van der Waals surface area contributed by atoms with Crippen molar-refractivity contribution in [1.29, 1.82) is 0 Å². The molecule has 0 aromatic rings. The number of allylic oxidation sites excluding steroid dienone is 34. The molecule has 0 saturated carbocycles. The van der Waals surface area contributed by atoms with Crippen LogP contribution in [0.25, 0.3) is 0 Å². The van der Waals surface area contributed by atoms with Gasteiger partial charge in [0.2, 0.25) is 0 Å². The van der Waals surface area contributed by atoms with Crippen molar-refractivity contribution < 1.29 is 80.2 Å². The third kappa shape index (κ3) is 81.6. The first-order chi connectivity index (χ1) is 54.7. The Hall–Kier alpha value is -6.36. The predicted molar refractivity (Wildman–Crippen MR) is 463 cm³/mol. The minimum absolute atomic E-state index is 0.0125. The van der Waals surface area contributed by atoms with Gasteiger partial charge in [0.15, 0.2) is 12.2 Å². The number of aliphatic hydroxyl groups is 1. The summed E-state index contributed by atoms with van der Waals surface area (Å²) in [6, 6.07) is 0. The van der Waals surface area contributed by atoms with Crippen molar-refractivity contribution in [3.63, 3.8) is 0 Å². The fourth-order valence-electron chi connectivity index (χ4n) is 10.3. The summed E-state index contributed by atoms with van der Waals surface area (Å²) < 4.78 is 68.5. The van der Waals surface area contributed by atoms with Gasteiger partial charge < -0.3 is 33.8 Å². The van der Waals surface area contributed by atoms with Gasteiger partial charge >= 0.3 is 39.5 Å². The molecular weight excluding hydrogens is 1450 g/mol. The number of ether oxygens (including phenoxy) is 4. The summed E-state index contributed by atoms with van der Waals surface area (Å²) in [6.45, 7) is 4.41. The van der Waals surface area contributed by atoms with Crippen molar-refractivity contribution in [2.24, 2.45) is 0 Å². The van der Waals surface area contributed by atoms with Crippen LogP contribution in [0.5, 0.6) is 0 Å². The van der Waals surface area contributed by atoms with E-state index in [0.29, 0.717) is 44.9 Å². The van der Waals surface area contributed by atoms with E-state index in [1.807, 2.05) is 54.7 Å². The zero-order chi connectivity index (χ0) is 81.7. The molecule has 0 aliphatic rings. The van der Waals surface area contributed by atoms with E-state index < -0.39 is 97.5 Å². The van der Waals surface area contributed by atoms with Gasteiger partial charge in [-0.1, -0.05) is 311 Å². The first kappa shape index (κ1) is 106. The van der Waals surface area contributed by atoms with Crippen molar-refractivity contribution in [3.8, 4) is 0 Å². The molecule has 3 N–H and O–H groups in total. The SMILES string of the molecule is CC/C=C\C/C=C\C/C=C\C/C=C\C/C=C\C/C=C\CCC(=O)O[C@H](COC(=O)CCCCCCCCC/C=C\CCCCCC)COP(=O)(O)OC[C@H](O)COP(=O)(O)OC[C@@H](COC(=O)CC/C=C\C/C=C\C/C=C\C/C=C\C/C=C\CCCCC)OC(=O)CC/C=C\C/C=C\C/C=C\C/C=C\C/C=C\CCCCC. The Morgan fingerprint density at radius 1 is 0.259 bits per heavy atom. The molecule has 0 spiro atoms. The van der Waals surface area contributed by atoms with Gasteiger partial charge in [-0.2, -0.15) is 0 Å². The van der Waals surface area contributed by atoms with Gasteiger partial charge in [0.25, 0.3) is 0 Å². The maximum absolute atomic E-state index is 13.1. The molecule has 17 nitrogen and oxygen atoms in total. The Balaban J connectivity index is 5.61. The van der Waals surface area contributed by atoms with Crippen molar-refractivity contribution in [2.45, 2.75) is 316 Å². The number of carbonyl (C=O) groups is 4. The predicted octanol–water partition coefficient (Wildman–Crippen LogP) is 25.4. The fourth-order valence-corrected chi connectivity index (χ4v) is 11.9. The maximum atomic E-state index is 13.1. The largest absolute Gasteiger partial charge is 0.472 e.